The van der Waals surface area contributed by atoms with E-state index in [1.54, 1.807) is 18.9 Å². The first-order valence-corrected chi connectivity index (χ1v) is 8.34. The van der Waals surface area contributed by atoms with Crippen LogP contribution in [0.25, 0.3) is 16.9 Å². The molecule has 0 radical (unpaired) electrons. The number of benzene rings is 1. The minimum atomic E-state index is 0.553. The third-order valence-electron chi connectivity index (χ3n) is 3.53. The zero-order chi connectivity index (χ0) is 16.4. The molecule has 6 nitrogen and oxygen atoms in total. The van der Waals surface area contributed by atoms with Gasteiger partial charge in [-0.25, -0.2) is 4.98 Å². The quantitative estimate of drug-likeness (QED) is 0.517. The lowest BCUT2D eigenvalue weighted by molar-refractivity contribution is 0.391. The van der Waals surface area contributed by atoms with Gasteiger partial charge in [0.05, 0.1) is 24.6 Å². The average molecular weight is 338 g/mol. The highest BCUT2D eigenvalue weighted by Gasteiger charge is 2.11. The lowest BCUT2D eigenvalue weighted by atomic mass is 10.2. The molecule has 0 saturated carbocycles. The molecule has 0 unspecified atom stereocenters. The predicted molar refractivity (Wildman–Crippen MR) is 91.0 cm³/mol. The first kappa shape index (κ1) is 14.8. The summed E-state index contributed by atoms with van der Waals surface area (Å²) in [7, 11) is 1.63. The van der Waals surface area contributed by atoms with E-state index in [2.05, 4.69) is 15.1 Å². The second kappa shape index (κ2) is 6.37. The number of methoxy groups -OCH3 is 1. The van der Waals surface area contributed by atoms with Gasteiger partial charge < -0.3 is 9.26 Å². The molecule has 0 aliphatic carbocycles. The van der Waals surface area contributed by atoms with Crippen molar-refractivity contribution in [2.45, 2.75) is 10.9 Å². The average Bonchev–Trinajstić information content (AvgIpc) is 3.27. The van der Waals surface area contributed by atoms with Crippen LogP contribution in [0.5, 0.6) is 5.75 Å². The van der Waals surface area contributed by atoms with E-state index in [1.807, 2.05) is 59.3 Å². The van der Waals surface area contributed by atoms with Crippen molar-refractivity contribution in [1.29, 1.82) is 0 Å². The Kier molecular flexibility index (Phi) is 3.92. The molecule has 4 aromatic rings. The largest absolute Gasteiger partial charge is 0.497 e. The Morgan fingerprint density at radius 1 is 1.21 bits per heavy atom. The number of hydrogen-bond acceptors (Lipinski definition) is 6. The molecule has 0 aliphatic rings. The zero-order valence-electron chi connectivity index (χ0n) is 12.9. The van der Waals surface area contributed by atoms with Crippen molar-refractivity contribution in [3.05, 3.63) is 60.7 Å². The van der Waals surface area contributed by atoms with Crippen molar-refractivity contribution in [2.75, 3.05) is 7.11 Å². The Morgan fingerprint density at radius 3 is 3.08 bits per heavy atom. The fourth-order valence-corrected chi connectivity index (χ4v) is 3.15. The molecule has 3 aromatic heterocycles. The van der Waals surface area contributed by atoms with Crippen molar-refractivity contribution in [1.82, 2.24) is 19.5 Å². The minimum Gasteiger partial charge on any atom is -0.497 e. The third kappa shape index (κ3) is 2.85. The molecule has 0 amide bonds. The van der Waals surface area contributed by atoms with Gasteiger partial charge in [0.15, 0.2) is 5.16 Å². The highest BCUT2D eigenvalue weighted by atomic mass is 32.2. The Labute approximate surface area is 142 Å². The summed E-state index contributed by atoms with van der Waals surface area (Å²) in [4.78, 5) is 8.86. The number of thioether (sulfide) groups is 1. The topological polar surface area (TPSA) is 65.5 Å². The van der Waals surface area contributed by atoms with Gasteiger partial charge in [0.2, 0.25) is 11.7 Å². The molecule has 4 rings (SSSR count). The van der Waals surface area contributed by atoms with Crippen LogP contribution in [0.2, 0.25) is 0 Å². The van der Waals surface area contributed by atoms with E-state index in [9.17, 15) is 0 Å². The number of nitrogens with zero attached hydrogens (tertiary/aromatic N) is 4. The Bertz CT molecular complexity index is 979. The van der Waals surface area contributed by atoms with Gasteiger partial charge in [-0.1, -0.05) is 35.1 Å². The lowest BCUT2D eigenvalue weighted by Gasteiger charge is -2.00. The molecule has 0 saturated heterocycles. The standard InChI is InChI=1S/C17H14N4O2S/c1-22-14-7-4-5-12(9-14)16-19-15(23-20-16)11-24-17-18-10-13-6-2-3-8-21(13)17/h2-10H,11H2,1H3. The van der Waals surface area contributed by atoms with Gasteiger partial charge in [0.25, 0.3) is 0 Å². The van der Waals surface area contributed by atoms with Crippen LogP contribution in [-0.2, 0) is 5.75 Å². The number of pyridine rings is 1. The van der Waals surface area contributed by atoms with Crippen LogP contribution in [0.1, 0.15) is 5.89 Å². The maximum absolute atomic E-state index is 5.34. The third-order valence-corrected chi connectivity index (χ3v) is 4.48. The molecule has 0 fully saturated rings. The van der Waals surface area contributed by atoms with E-state index in [0.717, 1.165) is 22.0 Å². The van der Waals surface area contributed by atoms with Crippen molar-refractivity contribution in [3.8, 4) is 17.1 Å². The first-order chi connectivity index (χ1) is 11.8. The molecule has 0 bridgehead atoms. The van der Waals surface area contributed by atoms with Crippen LogP contribution in [0.4, 0.5) is 0 Å². The van der Waals surface area contributed by atoms with Crippen LogP contribution >= 0.6 is 11.8 Å². The summed E-state index contributed by atoms with van der Waals surface area (Å²) in [5.41, 5.74) is 1.92. The fourth-order valence-electron chi connectivity index (χ4n) is 2.35. The maximum atomic E-state index is 5.34. The van der Waals surface area contributed by atoms with Crippen molar-refractivity contribution in [3.63, 3.8) is 0 Å². The fraction of sp³-hybridized carbons (Fsp3) is 0.118. The lowest BCUT2D eigenvalue weighted by Crippen LogP contribution is -1.88. The van der Waals surface area contributed by atoms with E-state index in [-0.39, 0.29) is 0 Å². The van der Waals surface area contributed by atoms with Crippen LogP contribution in [0, 0.1) is 0 Å². The van der Waals surface area contributed by atoms with Gasteiger partial charge in [-0.2, -0.15) is 4.98 Å². The van der Waals surface area contributed by atoms with Gasteiger partial charge in [-0.05, 0) is 24.3 Å². The van der Waals surface area contributed by atoms with Crippen LogP contribution in [0.15, 0.2) is 64.5 Å². The second-order valence-corrected chi connectivity index (χ2v) is 6.01. The number of aromatic nitrogens is 4. The number of rotatable bonds is 5. The summed E-state index contributed by atoms with van der Waals surface area (Å²) >= 11 is 1.56. The van der Waals surface area contributed by atoms with Crippen LogP contribution < -0.4 is 4.74 Å². The van der Waals surface area contributed by atoms with E-state index in [0.29, 0.717) is 17.5 Å². The minimum absolute atomic E-state index is 0.553. The van der Waals surface area contributed by atoms with Gasteiger partial charge in [0, 0.05) is 11.8 Å². The highest BCUT2D eigenvalue weighted by Crippen LogP contribution is 2.25. The number of ether oxygens (including phenoxy) is 1. The van der Waals surface area contributed by atoms with Crippen LogP contribution in [-0.4, -0.2) is 26.6 Å². The number of imidazole rings is 1. The molecule has 0 N–H and O–H groups in total. The Balaban J connectivity index is 1.51. The zero-order valence-corrected chi connectivity index (χ0v) is 13.7. The van der Waals surface area contributed by atoms with Crippen molar-refractivity contribution in [2.24, 2.45) is 0 Å². The van der Waals surface area contributed by atoms with Crippen molar-refractivity contribution < 1.29 is 9.26 Å². The number of hydrogen-bond donors (Lipinski definition) is 0. The first-order valence-electron chi connectivity index (χ1n) is 7.35. The van der Waals surface area contributed by atoms with E-state index >= 15 is 0 Å². The molecule has 0 spiro atoms. The monoisotopic (exact) mass is 338 g/mol. The Morgan fingerprint density at radius 2 is 2.17 bits per heavy atom. The van der Waals surface area contributed by atoms with Gasteiger partial charge >= 0.3 is 0 Å². The van der Waals surface area contributed by atoms with Crippen molar-refractivity contribution >= 4 is 17.3 Å². The smallest absolute Gasteiger partial charge is 0.237 e. The van der Waals surface area contributed by atoms with Crippen LogP contribution in [0.3, 0.4) is 0 Å². The van der Waals surface area contributed by atoms with Gasteiger partial charge in [-0.15, -0.1) is 0 Å². The summed E-state index contributed by atoms with van der Waals surface area (Å²) in [6, 6.07) is 13.6. The summed E-state index contributed by atoms with van der Waals surface area (Å²) in [5.74, 6) is 2.44. The number of fused-ring (bicyclic) bond motifs is 1. The molecule has 0 atom stereocenters. The molecular formula is C17H14N4O2S. The molecule has 1 aromatic carbocycles. The normalized spacial score (nSPS) is 11.0. The van der Waals surface area contributed by atoms with E-state index in [4.69, 9.17) is 9.26 Å². The predicted octanol–water partition coefficient (Wildman–Crippen LogP) is 3.69. The molecule has 3 heterocycles. The SMILES string of the molecule is COc1cccc(-c2noc(CSc3ncc4ccccn34)n2)c1. The molecule has 24 heavy (non-hydrogen) atoms. The molecule has 120 valence electrons. The Hall–Kier alpha value is -2.80. The summed E-state index contributed by atoms with van der Waals surface area (Å²) < 4.78 is 12.6. The summed E-state index contributed by atoms with van der Waals surface area (Å²) in [6.07, 6.45) is 3.83. The summed E-state index contributed by atoms with van der Waals surface area (Å²) in [6.45, 7) is 0. The van der Waals surface area contributed by atoms with E-state index in [1.165, 1.54) is 0 Å². The summed E-state index contributed by atoms with van der Waals surface area (Å²) in [5, 5.41) is 4.94. The molecule has 7 heteroatoms. The second-order valence-electron chi connectivity index (χ2n) is 5.07. The van der Waals surface area contributed by atoms with Gasteiger partial charge in [0.1, 0.15) is 5.75 Å². The maximum Gasteiger partial charge on any atom is 0.237 e. The van der Waals surface area contributed by atoms with E-state index < -0.39 is 0 Å². The molecular weight excluding hydrogens is 324 g/mol. The van der Waals surface area contributed by atoms with Gasteiger partial charge in [-0.3, -0.25) is 4.40 Å². The molecule has 0 aliphatic heterocycles. The highest BCUT2D eigenvalue weighted by molar-refractivity contribution is 7.98.